The molecule has 2 N–H and O–H groups in total. The number of rotatable bonds is 4. The molecular formula is C21H23NO3. The number of amides is 1. The first-order chi connectivity index (χ1) is 12.3. The van der Waals surface area contributed by atoms with Gasteiger partial charge in [0.05, 0.1) is 0 Å². The Labute approximate surface area is 147 Å². The maximum atomic E-state index is 12.2. The van der Waals surface area contributed by atoms with Crippen LogP contribution in [0.25, 0.3) is 11.1 Å². The number of benzene rings is 2. The van der Waals surface area contributed by atoms with E-state index in [2.05, 4.69) is 29.6 Å². The number of aliphatic hydroxyl groups is 1. The molecule has 0 bridgehead atoms. The van der Waals surface area contributed by atoms with E-state index in [0.717, 1.165) is 19.3 Å². The molecule has 2 aromatic rings. The van der Waals surface area contributed by atoms with Gasteiger partial charge in [0.25, 0.3) is 0 Å². The Kier molecular flexibility index (Phi) is 4.45. The summed E-state index contributed by atoms with van der Waals surface area (Å²) in [5, 5.41) is 12.3. The van der Waals surface area contributed by atoms with Gasteiger partial charge in [0.15, 0.2) is 0 Å². The van der Waals surface area contributed by atoms with E-state index in [0.29, 0.717) is 6.61 Å². The summed E-state index contributed by atoms with van der Waals surface area (Å²) < 4.78 is 5.56. The predicted molar refractivity (Wildman–Crippen MR) is 96.4 cm³/mol. The molecule has 0 saturated heterocycles. The lowest BCUT2D eigenvalue weighted by Gasteiger charge is -2.20. The van der Waals surface area contributed by atoms with Gasteiger partial charge in [-0.15, -0.1) is 0 Å². The minimum Gasteiger partial charge on any atom is -0.449 e. The Bertz CT molecular complexity index is 728. The molecule has 2 aliphatic rings. The minimum atomic E-state index is -0.382. The summed E-state index contributed by atoms with van der Waals surface area (Å²) in [5.74, 6) is 0.232. The van der Waals surface area contributed by atoms with Crippen LogP contribution in [0.4, 0.5) is 4.79 Å². The summed E-state index contributed by atoms with van der Waals surface area (Å²) in [7, 11) is 0. The molecule has 4 rings (SSSR count). The van der Waals surface area contributed by atoms with Crippen molar-refractivity contribution < 1.29 is 14.6 Å². The fourth-order valence-corrected chi connectivity index (χ4v) is 4.24. The fraction of sp³-hybridized carbons (Fsp3) is 0.381. The Morgan fingerprint density at radius 1 is 1.04 bits per heavy atom. The number of aliphatic hydroxyl groups excluding tert-OH is 1. The fourth-order valence-electron chi connectivity index (χ4n) is 4.24. The summed E-state index contributed by atoms with van der Waals surface area (Å²) in [6, 6.07) is 16.6. The first-order valence-corrected chi connectivity index (χ1v) is 9.00. The molecule has 4 heteroatoms. The average Bonchev–Trinajstić information content (AvgIpc) is 3.22. The van der Waals surface area contributed by atoms with Crippen LogP contribution < -0.4 is 5.32 Å². The number of hydrogen-bond acceptors (Lipinski definition) is 3. The van der Waals surface area contributed by atoms with E-state index in [1.807, 2.05) is 24.3 Å². The van der Waals surface area contributed by atoms with Crippen LogP contribution in [0, 0.1) is 5.92 Å². The second-order valence-electron chi connectivity index (χ2n) is 6.95. The molecule has 0 spiro atoms. The van der Waals surface area contributed by atoms with Gasteiger partial charge in [0, 0.05) is 24.5 Å². The SMILES string of the molecule is O=C(N[C@H]1CCC[C@@H]1CO)OCC1c2ccccc2-c2ccccc21. The molecule has 0 aliphatic heterocycles. The molecule has 2 aromatic carbocycles. The number of hydrogen-bond donors (Lipinski definition) is 2. The number of carbonyl (C=O) groups is 1. The Hall–Kier alpha value is -2.33. The largest absolute Gasteiger partial charge is 0.449 e. The molecule has 0 unspecified atom stereocenters. The first kappa shape index (κ1) is 16.2. The molecule has 4 nitrogen and oxygen atoms in total. The van der Waals surface area contributed by atoms with E-state index < -0.39 is 0 Å². The van der Waals surface area contributed by atoms with E-state index in [1.165, 1.54) is 22.3 Å². The number of ether oxygens (including phenoxy) is 1. The predicted octanol–water partition coefficient (Wildman–Crippen LogP) is 3.69. The van der Waals surface area contributed by atoms with Gasteiger partial charge in [-0.25, -0.2) is 4.79 Å². The van der Waals surface area contributed by atoms with Crippen LogP contribution in [0.3, 0.4) is 0 Å². The topological polar surface area (TPSA) is 58.6 Å². The van der Waals surface area contributed by atoms with Gasteiger partial charge in [0.1, 0.15) is 6.61 Å². The summed E-state index contributed by atoms with van der Waals surface area (Å²) in [5.41, 5.74) is 4.88. The van der Waals surface area contributed by atoms with Crippen LogP contribution in [-0.4, -0.2) is 30.5 Å². The van der Waals surface area contributed by atoms with Crippen molar-refractivity contribution in [3.8, 4) is 11.1 Å². The lowest BCUT2D eigenvalue weighted by atomic mass is 9.98. The molecule has 2 aliphatic carbocycles. The highest BCUT2D eigenvalue weighted by Gasteiger charge is 2.31. The highest BCUT2D eigenvalue weighted by Crippen LogP contribution is 2.44. The molecule has 1 amide bonds. The monoisotopic (exact) mass is 337 g/mol. The van der Waals surface area contributed by atoms with Crippen LogP contribution >= 0.6 is 0 Å². The van der Waals surface area contributed by atoms with E-state index in [-0.39, 0.29) is 30.6 Å². The lowest BCUT2D eigenvalue weighted by molar-refractivity contribution is 0.131. The third-order valence-corrected chi connectivity index (χ3v) is 5.54. The van der Waals surface area contributed by atoms with E-state index in [1.54, 1.807) is 0 Å². The molecule has 1 saturated carbocycles. The maximum absolute atomic E-state index is 12.2. The lowest BCUT2D eigenvalue weighted by Crippen LogP contribution is -2.39. The third-order valence-electron chi connectivity index (χ3n) is 5.54. The van der Waals surface area contributed by atoms with Gasteiger partial charge in [0.2, 0.25) is 0 Å². The number of alkyl carbamates (subject to hydrolysis) is 1. The second-order valence-corrected chi connectivity index (χ2v) is 6.95. The molecule has 0 radical (unpaired) electrons. The third kappa shape index (κ3) is 3.02. The smallest absolute Gasteiger partial charge is 0.407 e. The highest BCUT2D eigenvalue weighted by molar-refractivity contribution is 5.79. The van der Waals surface area contributed by atoms with Crippen molar-refractivity contribution in [2.24, 2.45) is 5.92 Å². The van der Waals surface area contributed by atoms with E-state index >= 15 is 0 Å². The van der Waals surface area contributed by atoms with Gasteiger partial charge in [-0.05, 0) is 35.1 Å². The standard InChI is InChI=1S/C21H23NO3/c23-12-14-6-5-11-20(14)22-21(24)25-13-19-17-9-3-1-7-15(17)16-8-2-4-10-18(16)19/h1-4,7-10,14,19-20,23H,5-6,11-13H2,(H,22,24)/t14-,20+/m1/s1. The summed E-state index contributed by atoms with van der Waals surface area (Å²) in [4.78, 5) is 12.2. The van der Waals surface area contributed by atoms with Crippen molar-refractivity contribution in [2.75, 3.05) is 13.2 Å². The quantitative estimate of drug-likeness (QED) is 0.895. The molecule has 2 atom stereocenters. The van der Waals surface area contributed by atoms with Crippen LogP contribution in [0.1, 0.15) is 36.3 Å². The van der Waals surface area contributed by atoms with Crippen LogP contribution in [0.15, 0.2) is 48.5 Å². The van der Waals surface area contributed by atoms with Gasteiger partial charge >= 0.3 is 6.09 Å². The molecule has 25 heavy (non-hydrogen) atoms. The van der Waals surface area contributed by atoms with Gasteiger partial charge in [-0.3, -0.25) is 0 Å². The Balaban J connectivity index is 1.45. The van der Waals surface area contributed by atoms with Gasteiger partial charge in [-0.1, -0.05) is 55.0 Å². The Morgan fingerprint density at radius 2 is 1.68 bits per heavy atom. The number of nitrogens with one attached hydrogen (secondary N) is 1. The van der Waals surface area contributed by atoms with Crippen molar-refractivity contribution in [1.82, 2.24) is 5.32 Å². The highest BCUT2D eigenvalue weighted by atomic mass is 16.5. The maximum Gasteiger partial charge on any atom is 0.407 e. The van der Waals surface area contributed by atoms with Gasteiger partial charge in [-0.2, -0.15) is 0 Å². The average molecular weight is 337 g/mol. The zero-order valence-electron chi connectivity index (χ0n) is 14.2. The van der Waals surface area contributed by atoms with Crippen LogP contribution in [0.5, 0.6) is 0 Å². The van der Waals surface area contributed by atoms with Crippen molar-refractivity contribution in [1.29, 1.82) is 0 Å². The number of fused-ring (bicyclic) bond motifs is 3. The summed E-state index contributed by atoms with van der Waals surface area (Å²) in [6.45, 7) is 0.449. The van der Waals surface area contributed by atoms with E-state index in [9.17, 15) is 9.90 Å². The van der Waals surface area contributed by atoms with E-state index in [4.69, 9.17) is 4.74 Å². The molecular weight excluding hydrogens is 314 g/mol. The zero-order chi connectivity index (χ0) is 17.2. The molecule has 0 heterocycles. The summed E-state index contributed by atoms with van der Waals surface area (Å²) in [6.07, 6.45) is 2.53. The van der Waals surface area contributed by atoms with Crippen molar-refractivity contribution in [2.45, 2.75) is 31.2 Å². The van der Waals surface area contributed by atoms with Crippen LogP contribution in [-0.2, 0) is 4.74 Å². The first-order valence-electron chi connectivity index (χ1n) is 9.00. The van der Waals surface area contributed by atoms with Gasteiger partial charge < -0.3 is 15.2 Å². The van der Waals surface area contributed by atoms with Crippen LogP contribution in [0.2, 0.25) is 0 Å². The normalized spacial score (nSPS) is 21.6. The minimum absolute atomic E-state index is 0.0284. The second kappa shape index (κ2) is 6.89. The molecule has 0 aromatic heterocycles. The molecule has 130 valence electrons. The number of carbonyl (C=O) groups excluding carboxylic acids is 1. The van der Waals surface area contributed by atoms with Crippen molar-refractivity contribution >= 4 is 6.09 Å². The summed E-state index contributed by atoms with van der Waals surface area (Å²) >= 11 is 0. The molecule has 1 fully saturated rings. The van der Waals surface area contributed by atoms with Crippen molar-refractivity contribution in [3.63, 3.8) is 0 Å². The Morgan fingerprint density at radius 3 is 2.32 bits per heavy atom. The zero-order valence-corrected chi connectivity index (χ0v) is 14.2. The van der Waals surface area contributed by atoms with Crippen molar-refractivity contribution in [3.05, 3.63) is 59.7 Å².